The highest BCUT2D eigenvalue weighted by atomic mass is 16.5. The minimum atomic E-state index is 0.744. The predicted molar refractivity (Wildman–Crippen MR) is 85.3 cm³/mol. The molecule has 0 bridgehead atoms. The van der Waals surface area contributed by atoms with Crippen LogP contribution >= 0.6 is 0 Å². The highest BCUT2D eigenvalue weighted by Crippen LogP contribution is 2.23. The number of methoxy groups -OCH3 is 1. The zero-order valence-corrected chi connectivity index (χ0v) is 12.9. The summed E-state index contributed by atoms with van der Waals surface area (Å²) in [7, 11) is 1.80. The maximum atomic E-state index is 5.26. The summed E-state index contributed by atoms with van der Waals surface area (Å²) in [5, 5.41) is 3.44. The Balaban J connectivity index is 1.81. The Labute approximate surface area is 123 Å². The first-order chi connectivity index (χ1) is 9.83. The zero-order chi connectivity index (χ0) is 14.2. The van der Waals surface area contributed by atoms with Crippen LogP contribution in [0.25, 0.3) is 0 Å². The van der Waals surface area contributed by atoms with Crippen LogP contribution < -0.4 is 10.2 Å². The molecule has 1 aromatic rings. The van der Waals surface area contributed by atoms with Gasteiger partial charge in [-0.25, -0.2) is 0 Å². The number of nitrogens with one attached hydrogen (secondary N) is 1. The van der Waals surface area contributed by atoms with Crippen molar-refractivity contribution >= 4 is 5.69 Å². The average Bonchev–Trinajstić information content (AvgIpc) is 2.49. The number of ether oxygens (including phenoxy) is 1. The Bertz CT molecular complexity index is 369. The summed E-state index contributed by atoms with van der Waals surface area (Å²) < 4.78 is 5.26. The van der Waals surface area contributed by atoms with Gasteiger partial charge in [-0.2, -0.15) is 0 Å². The molecule has 1 aliphatic rings. The quantitative estimate of drug-likeness (QED) is 0.775. The largest absolute Gasteiger partial charge is 0.384 e. The summed E-state index contributed by atoms with van der Waals surface area (Å²) in [5.74, 6) is 0.744. The Kier molecular flexibility index (Phi) is 6.34. The van der Waals surface area contributed by atoms with Gasteiger partial charge in [0.25, 0.3) is 0 Å². The SMILES string of the molecule is CCCNCc1ccc(N2CCC(COC)CC2)cc1. The van der Waals surface area contributed by atoms with Gasteiger partial charge in [0.05, 0.1) is 0 Å². The number of benzene rings is 1. The monoisotopic (exact) mass is 276 g/mol. The summed E-state index contributed by atoms with van der Waals surface area (Å²) in [6.45, 7) is 7.49. The molecular weight excluding hydrogens is 248 g/mol. The summed E-state index contributed by atoms with van der Waals surface area (Å²) in [6.07, 6.45) is 3.68. The maximum Gasteiger partial charge on any atom is 0.0491 e. The Morgan fingerprint density at radius 1 is 1.20 bits per heavy atom. The van der Waals surface area contributed by atoms with Gasteiger partial charge in [0.15, 0.2) is 0 Å². The lowest BCUT2D eigenvalue weighted by Gasteiger charge is -2.33. The lowest BCUT2D eigenvalue weighted by molar-refractivity contribution is 0.139. The third-order valence-electron chi connectivity index (χ3n) is 4.07. The molecule has 0 spiro atoms. The fourth-order valence-corrected chi connectivity index (χ4v) is 2.83. The summed E-state index contributed by atoms with van der Waals surface area (Å²) in [5.41, 5.74) is 2.73. The van der Waals surface area contributed by atoms with E-state index in [2.05, 4.69) is 41.4 Å². The molecule has 1 saturated heterocycles. The normalized spacial score (nSPS) is 16.6. The van der Waals surface area contributed by atoms with Crippen LogP contribution in [0.2, 0.25) is 0 Å². The van der Waals surface area contributed by atoms with Crippen LogP contribution in [0, 0.1) is 5.92 Å². The van der Waals surface area contributed by atoms with Gasteiger partial charge in [0.2, 0.25) is 0 Å². The van der Waals surface area contributed by atoms with Crippen LogP contribution in [0.4, 0.5) is 5.69 Å². The van der Waals surface area contributed by atoms with Gasteiger partial charge in [-0.1, -0.05) is 19.1 Å². The van der Waals surface area contributed by atoms with E-state index in [4.69, 9.17) is 4.74 Å². The Hall–Kier alpha value is -1.06. The van der Waals surface area contributed by atoms with Crippen molar-refractivity contribution in [3.05, 3.63) is 29.8 Å². The van der Waals surface area contributed by atoms with E-state index in [0.29, 0.717) is 0 Å². The first-order valence-corrected chi connectivity index (χ1v) is 7.87. The van der Waals surface area contributed by atoms with E-state index in [-0.39, 0.29) is 0 Å². The highest BCUT2D eigenvalue weighted by Gasteiger charge is 2.19. The molecule has 0 aromatic heterocycles. The van der Waals surface area contributed by atoms with E-state index in [1.165, 1.54) is 30.5 Å². The molecule has 0 aliphatic carbocycles. The van der Waals surface area contributed by atoms with Crippen molar-refractivity contribution in [1.82, 2.24) is 5.32 Å². The molecule has 1 heterocycles. The van der Waals surface area contributed by atoms with Crippen LogP contribution in [0.5, 0.6) is 0 Å². The standard InChI is InChI=1S/C17H28N2O/c1-3-10-18-13-15-4-6-17(7-5-15)19-11-8-16(9-12-19)14-20-2/h4-7,16,18H,3,8-14H2,1-2H3. The van der Waals surface area contributed by atoms with E-state index in [1.54, 1.807) is 7.11 Å². The minimum absolute atomic E-state index is 0.744. The Morgan fingerprint density at radius 2 is 1.90 bits per heavy atom. The molecule has 0 radical (unpaired) electrons. The number of rotatable bonds is 7. The second kappa shape index (κ2) is 8.28. The smallest absolute Gasteiger partial charge is 0.0491 e. The molecule has 1 aromatic carbocycles. The van der Waals surface area contributed by atoms with Crippen molar-refractivity contribution in [3.8, 4) is 0 Å². The van der Waals surface area contributed by atoms with Crippen molar-refractivity contribution in [2.75, 3.05) is 38.3 Å². The van der Waals surface area contributed by atoms with E-state index < -0.39 is 0 Å². The van der Waals surface area contributed by atoms with Crippen LogP contribution in [0.1, 0.15) is 31.7 Å². The maximum absolute atomic E-state index is 5.26. The molecule has 0 atom stereocenters. The van der Waals surface area contributed by atoms with E-state index in [1.807, 2.05) is 0 Å². The first-order valence-electron chi connectivity index (χ1n) is 7.87. The van der Waals surface area contributed by atoms with Crippen LogP contribution in [-0.4, -0.2) is 33.4 Å². The first kappa shape index (κ1) is 15.3. The van der Waals surface area contributed by atoms with Gasteiger partial charge in [-0.15, -0.1) is 0 Å². The lowest BCUT2D eigenvalue weighted by atomic mass is 9.97. The number of hydrogen-bond acceptors (Lipinski definition) is 3. The second-order valence-electron chi connectivity index (χ2n) is 5.73. The topological polar surface area (TPSA) is 24.5 Å². The molecule has 1 fully saturated rings. The predicted octanol–water partition coefficient (Wildman–Crippen LogP) is 3.05. The molecular formula is C17H28N2O. The molecule has 0 unspecified atom stereocenters. The molecule has 20 heavy (non-hydrogen) atoms. The second-order valence-corrected chi connectivity index (χ2v) is 5.73. The van der Waals surface area contributed by atoms with Crippen LogP contribution in [-0.2, 0) is 11.3 Å². The van der Waals surface area contributed by atoms with Crippen molar-refractivity contribution < 1.29 is 4.74 Å². The molecule has 2 rings (SSSR count). The van der Waals surface area contributed by atoms with Gasteiger partial charge in [0, 0.05) is 39.0 Å². The van der Waals surface area contributed by atoms with E-state index in [9.17, 15) is 0 Å². The van der Waals surface area contributed by atoms with E-state index >= 15 is 0 Å². The molecule has 3 nitrogen and oxygen atoms in total. The summed E-state index contributed by atoms with van der Waals surface area (Å²) in [4.78, 5) is 2.50. The number of hydrogen-bond donors (Lipinski definition) is 1. The summed E-state index contributed by atoms with van der Waals surface area (Å²) in [6, 6.07) is 9.03. The van der Waals surface area contributed by atoms with Gasteiger partial charge < -0.3 is 15.0 Å². The van der Waals surface area contributed by atoms with Crippen molar-refractivity contribution in [1.29, 1.82) is 0 Å². The van der Waals surface area contributed by atoms with Gasteiger partial charge in [-0.05, 0) is 49.4 Å². The number of anilines is 1. The van der Waals surface area contributed by atoms with Crippen molar-refractivity contribution in [2.24, 2.45) is 5.92 Å². The molecule has 1 aliphatic heterocycles. The minimum Gasteiger partial charge on any atom is -0.384 e. The van der Waals surface area contributed by atoms with Crippen molar-refractivity contribution in [2.45, 2.75) is 32.7 Å². The zero-order valence-electron chi connectivity index (χ0n) is 12.9. The van der Waals surface area contributed by atoms with E-state index in [0.717, 1.165) is 38.7 Å². The Morgan fingerprint density at radius 3 is 2.50 bits per heavy atom. The molecule has 0 saturated carbocycles. The molecule has 112 valence electrons. The molecule has 0 amide bonds. The molecule has 3 heteroatoms. The average molecular weight is 276 g/mol. The summed E-state index contributed by atoms with van der Waals surface area (Å²) >= 11 is 0. The fraction of sp³-hybridized carbons (Fsp3) is 0.647. The van der Waals surface area contributed by atoms with Crippen LogP contribution in [0.3, 0.4) is 0 Å². The van der Waals surface area contributed by atoms with Crippen molar-refractivity contribution in [3.63, 3.8) is 0 Å². The third-order valence-corrected chi connectivity index (χ3v) is 4.07. The lowest BCUT2D eigenvalue weighted by Crippen LogP contribution is -2.34. The molecule has 1 N–H and O–H groups in total. The highest BCUT2D eigenvalue weighted by molar-refractivity contribution is 5.47. The third kappa shape index (κ3) is 4.50. The number of nitrogens with zero attached hydrogens (tertiary/aromatic N) is 1. The van der Waals surface area contributed by atoms with Gasteiger partial charge in [0.1, 0.15) is 0 Å². The van der Waals surface area contributed by atoms with Crippen LogP contribution in [0.15, 0.2) is 24.3 Å². The number of piperidine rings is 1. The van der Waals surface area contributed by atoms with Gasteiger partial charge in [-0.3, -0.25) is 0 Å². The fourth-order valence-electron chi connectivity index (χ4n) is 2.83. The van der Waals surface area contributed by atoms with Gasteiger partial charge >= 0.3 is 0 Å².